The maximum Gasteiger partial charge on any atom is 0.229 e. The van der Waals surface area contributed by atoms with Crippen LogP contribution in [0.4, 0.5) is 16.8 Å². The molecule has 2 heterocycles. The predicted octanol–water partition coefficient (Wildman–Crippen LogP) is 3.32. The molecule has 0 aliphatic heterocycles. The van der Waals surface area contributed by atoms with E-state index in [4.69, 9.17) is 17.3 Å². The van der Waals surface area contributed by atoms with Crippen LogP contribution in [0, 0.1) is 6.92 Å². The van der Waals surface area contributed by atoms with E-state index in [1.54, 1.807) is 6.20 Å². The molecule has 8 heteroatoms. The van der Waals surface area contributed by atoms with Gasteiger partial charge in [-0.2, -0.15) is 9.36 Å². The Kier molecular flexibility index (Phi) is 4.75. The summed E-state index contributed by atoms with van der Waals surface area (Å²) in [6, 6.07) is 2.52. The van der Waals surface area contributed by atoms with Crippen LogP contribution in [0.25, 0.3) is 0 Å². The molecule has 2 unspecified atom stereocenters. The molecular weight excluding hydrogens is 320 g/mol. The lowest BCUT2D eigenvalue weighted by Gasteiger charge is -2.28. The van der Waals surface area contributed by atoms with Crippen molar-refractivity contribution in [1.82, 2.24) is 14.3 Å². The van der Waals surface area contributed by atoms with Gasteiger partial charge in [-0.15, -0.1) is 0 Å². The number of aryl methyl sites for hydroxylation is 1. The van der Waals surface area contributed by atoms with Gasteiger partial charge in [0.2, 0.25) is 5.95 Å². The number of rotatable bonds is 4. The van der Waals surface area contributed by atoms with Crippen molar-refractivity contribution >= 4 is 39.9 Å². The fourth-order valence-corrected chi connectivity index (χ4v) is 3.41. The molecule has 0 bridgehead atoms. The summed E-state index contributed by atoms with van der Waals surface area (Å²) < 4.78 is 4.22. The number of hydrogen-bond acceptors (Lipinski definition) is 7. The van der Waals surface area contributed by atoms with Crippen molar-refractivity contribution in [3.63, 3.8) is 0 Å². The molecule has 1 aliphatic rings. The second kappa shape index (κ2) is 6.76. The zero-order chi connectivity index (χ0) is 15.5. The Bertz CT molecular complexity index is 646. The van der Waals surface area contributed by atoms with E-state index in [0.717, 1.165) is 36.4 Å². The number of halogens is 1. The summed E-state index contributed by atoms with van der Waals surface area (Å²) in [6.07, 6.45) is 5.86. The van der Waals surface area contributed by atoms with Gasteiger partial charge in [-0.1, -0.05) is 11.6 Å². The van der Waals surface area contributed by atoms with Crippen molar-refractivity contribution in [3.8, 4) is 0 Å². The topological polar surface area (TPSA) is 88.8 Å². The summed E-state index contributed by atoms with van der Waals surface area (Å²) in [7, 11) is 0. The summed E-state index contributed by atoms with van der Waals surface area (Å²) in [4.78, 5) is 8.68. The lowest BCUT2D eigenvalue weighted by atomic mass is 9.92. The van der Waals surface area contributed by atoms with Crippen LogP contribution < -0.4 is 16.4 Å². The van der Waals surface area contributed by atoms with E-state index < -0.39 is 0 Å². The monoisotopic (exact) mass is 338 g/mol. The van der Waals surface area contributed by atoms with Gasteiger partial charge in [0.05, 0.1) is 11.9 Å². The third-order valence-corrected chi connectivity index (χ3v) is 4.74. The molecule has 22 heavy (non-hydrogen) atoms. The highest BCUT2D eigenvalue weighted by molar-refractivity contribution is 7.10. The maximum atomic E-state index is 6.20. The average Bonchev–Trinajstić information content (AvgIpc) is 2.88. The van der Waals surface area contributed by atoms with Crippen molar-refractivity contribution in [2.24, 2.45) is 5.73 Å². The third-order valence-electron chi connectivity index (χ3n) is 3.66. The molecule has 118 valence electrons. The van der Waals surface area contributed by atoms with Crippen LogP contribution in [0.5, 0.6) is 0 Å². The van der Waals surface area contributed by atoms with Crippen molar-refractivity contribution in [3.05, 3.63) is 23.0 Å². The normalized spacial score (nSPS) is 21.6. The number of hydrogen-bond donors (Lipinski definition) is 3. The van der Waals surface area contributed by atoms with Crippen LogP contribution in [-0.2, 0) is 0 Å². The van der Waals surface area contributed by atoms with Crippen LogP contribution in [0.1, 0.15) is 31.4 Å². The summed E-state index contributed by atoms with van der Waals surface area (Å²) in [5.74, 6) is 1.16. The van der Waals surface area contributed by atoms with Gasteiger partial charge in [-0.05, 0) is 50.2 Å². The molecule has 1 aliphatic carbocycles. The van der Waals surface area contributed by atoms with Crippen LogP contribution in [0.15, 0.2) is 12.3 Å². The van der Waals surface area contributed by atoms with Gasteiger partial charge in [0, 0.05) is 12.1 Å². The Hall–Kier alpha value is -1.44. The minimum atomic E-state index is 0.254. The van der Waals surface area contributed by atoms with E-state index in [1.807, 2.05) is 13.0 Å². The summed E-state index contributed by atoms with van der Waals surface area (Å²) in [6.45, 7) is 1.95. The molecule has 6 nitrogen and oxygen atoms in total. The van der Waals surface area contributed by atoms with E-state index in [9.17, 15) is 0 Å². The number of anilines is 3. The summed E-state index contributed by atoms with van der Waals surface area (Å²) in [5.41, 5.74) is 7.00. The Morgan fingerprint density at radius 1 is 1.41 bits per heavy atom. The minimum absolute atomic E-state index is 0.254. The Balaban J connectivity index is 1.72. The smallest absolute Gasteiger partial charge is 0.229 e. The summed E-state index contributed by atoms with van der Waals surface area (Å²) >= 11 is 7.58. The Morgan fingerprint density at radius 2 is 2.27 bits per heavy atom. The maximum absolute atomic E-state index is 6.20. The fraction of sp³-hybridized carbons (Fsp3) is 0.500. The van der Waals surface area contributed by atoms with Gasteiger partial charge in [0.15, 0.2) is 5.82 Å². The zero-order valence-corrected chi connectivity index (χ0v) is 13.9. The molecule has 0 radical (unpaired) electrons. The third kappa shape index (κ3) is 3.85. The van der Waals surface area contributed by atoms with E-state index in [1.165, 1.54) is 11.5 Å². The molecule has 0 amide bonds. The van der Waals surface area contributed by atoms with Gasteiger partial charge in [0.1, 0.15) is 10.0 Å². The highest BCUT2D eigenvalue weighted by Crippen LogP contribution is 2.26. The van der Waals surface area contributed by atoms with E-state index in [0.29, 0.717) is 22.8 Å². The van der Waals surface area contributed by atoms with Gasteiger partial charge >= 0.3 is 0 Å². The van der Waals surface area contributed by atoms with E-state index >= 15 is 0 Å². The first-order valence-electron chi connectivity index (χ1n) is 7.35. The number of aromatic nitrogens is 3. The van der Waals surface area contributed by atoms with Crippen molar-refractivity contribution in [2.45, 2.75) is 44.7 Å². The molecule has 3 rings (SSSR count). The molecule has 0 saturated heterocycles. The number of nitrogens with zero attached hydrogens (tertiary/aromatic N) is 3. The molecule has 4 N–H and O–H groups in total. The Morgan fingerprint density at radius 3 is 3.00 bits per heavy atom. The first kappa shape index (κ1) is 15.5. The first-order valence-corrected chi connectivity index (χ1v) is 8.50. The highest BCUT2D eigenvalue weighted by atomic mass is 35.5. The highest BCUT2D eigenvalue weighted by Gasteiger charge is 2.20. The zero-order valence-electron chi connectivity index (χ0n) is 12.3. The largest absolute Gasteiger partial charge is 0.366 e. The second-order valence-corrected chi connectivity index (χ2v) is 6.83. The fourth-order valence-electron chi connectivity index (χ4n) is 2.61. The number of nitrogens with two attached hydrogens (primary N) is 1. The van der Waals surface area contributed by atoms with Crippen LogP contribution in [0.2, 0.25) is 5.02 Å². The van der Waals surface area contributed by atoms with Crippen LogP contribution >= 0.6 is 23.1 Å². The standard InChI is InChI=1S/C14H19ClN6S/c1-8-5-12(22-21-8)19-14-17-7-11(15)13(20-14)18-10-4-2-3-9(16)6-10/h5,7,9-10H,2-4,6,16H2,1H3,(H2,17,18,19,20). The molecule has 2 aromatic heterocycles. The first-order chi connectivity index (χ1) is 10.6. The lowest BCUT2D eigenvalue weighted by Crippen LogP contribution is -2.35. The van der Waals surface area contributed by atoms with Crippen molar-refractivity contribution in [2.75, 3.05) is 10.6 Å². The predicted molar refractivity (Wildman–Crippen MR) is 91.0 cm³/mol. The lowest BCUT2D eigenvalue weighted by molar-refractivity contribution is 0.409. The van der Waals surface area contributed by atoms with Crippen LogP contribution in [-0.4, -0.2) is 26.4 Å². The summed E-state index contributed by atoms with van der Waals surface area (Å²) in [5, 5.41) is 7.97. The van der Waals surface area contributed by atoms with Gasteiger partial charge in [0.25, 0.3) is 0 Å². The van der Waals surface area contributed by atoms with Gasteiger partial charge < -0.3 is 16.4 Å². The van der Waals surface area contributed by atoms with E-state index in [-0.39, 0.29) is 6.04 Å². The Labute approximate surface area is 138 Å². The second-order valence-electron chi connectivity index (χ2n) is 5.62. The average molecular weight is 339 g/mol. The van der Waals surface area contributed by atoms with Gasteiger partial charge in [-0.3, -0.25) is 0 Å². The van der Waals surface area contributed by atoms with Crippen molar-refractivity contribution < 1.29 is 0 Å². The van der Waals surface area contributed by atoms with Crippen molar-refractivity contribution in [1.29, 1.82) is 0 Å². The molecular formula is C14H19ClN6S. The molecule has 2 atom stereocenters. The molecule has 0 aromatic carbocycles. The van der Waals surface area contributed by atoms with Crippen LogP contribution in [0.3, 0.4) is 0 Å². The molecule has 1 fully saturated rings. The molecule has 1 saturated carbocycles. The molecule has 2 aromatic rings. The number of nitrogens with one attached hydrogen (secondary N) is 2. The van der Waals surface area contributed by atoms with E-state index in [2.05, 4.69) is 25.0 Å². The molecule has 0 spiro atoms. The minimum Gasteiger partial charge on any atom is -0.366 e. The SMILES string of the molecule is Cc1cc(Nc2ncc(Cl)c(NC3CCCC(N)C3)n2)sn1. The van der Waals surface area contributed by atoms with Gasteiger partial charge in [-0.25, -0.2) is 4.98 Å². The quantitative estimate of drug-likeness (QED) is 0.792.